The highest BCUT2D eigenvalue weighted by molar-refractivity contribution is 7.91. The van der Waals surface area contributed by atoms with E-state index in [1.54, 1.807) is 13.8 Å². The van der Waals surface area contributed by atoms with Gasteiger partial charge in [0.15, 0.2) is 21.3 Å². The summed E-state index contributed by atoms with van der Waals surface area (Å²) in [5.41, 5.74) is 0.577. The first-order chi connectivity index (χ1) is 10.8. The number of rotatable bonds is 4. The van der Waals surface area contributed by atoms with Gasteiger partial charge in [-0.15, -0.1) is 0 Å². The Morgan fingerprint density at radius 1 is 1.09 bits per heavy atom. The smallest absolute Gasteiger partial charge is 0.178 e. The van der Waals surface area contributed by atoms with Gasteiger partial charge in [0.1, 0.15) is 11.6 Å². The molecule has 4 nitrogen and oxygen atoms in total. The zero-order valence-corrected chi connectivity index (χ0v) is 14.4. The van der Waals surface area contributed by atoms with Crippen LogP contribution in [0.15, 0.2) is 41.3 Å². The minimum atomic E-state index is -3.29. The highest BCUT2D eigenvalue weighted by atomic mass is 32.2. The summed E-state index contributed by atoms with van der Waals surface area (Å²) in [6.07, 6.45) is 0. The van der Waals surface area contributed by atoms with Crippen molar-refractivity contribution in [2.24, 2.45) is 0 Å². The predicted molar refractivity (Wildman–Crippen MR) is 88.4 cm³/mol. The molecule has 0 aliphatic carbocycles. The number of hydrogen-bond donors (Lipinski definition) is 1. The van der Waals surface area contributed by atoms with Gasteiger partial charge in [-0.05, 0) is 42.8 Å². The van der Waals surface area contributed by atoms with E-state index in [-0.39, 0.29) is 22.1 Å². The quantitative estimate of drug-likeness (QED) is 0.893. The maximum atomic E-state index is 13.1. The number of phenols is 1. The van der Waals surface area contributed by atoms with Gasteiger partial charge in [-0.25, -0.2) is 12.8 Å². The molecule has 0 amide bonds. The first-order valence-corrected chi connectivity index (χ1v) is 8.98. The van der Waals surface area contributed by atoms with E-state index in [1.807, 2.05) is 13.8 Å². The molecule has 23 heavy (non-hydrogen) atoms. The average molecular weight is 340 g/mol. The van der Waals surface area contributed by atoms with E-state index in [4.69, 9.17) is 4.74 Å². The second-order valence-corrected chi connectivity index (χ2v) is 6.82. The zero-order valence-electron chi connectivity index (χ0n) is 13.6. The lowest BCUT2D eigenvalue weighted by molar-refractivity contribution is 0.406. The Labute approximate surface area is 136 Å². The van der Waals surface area contributed by atoms with Crippen LogP contribution in [0.5, 0.6) is 17.2 Å². The lowest BCUT2D eigenvalue weighted by Crippen LogP contribution is -2.04. The van der Waals surface area contributed by atoms with Gasteiger partial charge in [-0.3, -0.25) is 0 Å². The number of hydrogen-bond acceptors (Lipinski definition) is 4. The van der Waals surface area contributed by atoms with Crippen LogP contribution in [0.4, 0.5) is 4.39 Å². The number of sulfone groups is 1. The van der Waals surface area contributed by atoms with E-state index in [0.717, 1.165) is 12.1 Å². The van der Waals surface area contributed by atoms with Crippen LogP contribution < -0.4 is 4.74 Å². The molecule has 6 heteroatoms. The van der Waals surface area contributed by atoms with Crippen LogP contribution in [0, 0.1) is 12.7 Å². The third kappa shape index (κ3) is 4.69. The van der Waals surface area contributed by atoms with Gasteiger partial charge in [0.05, 0.1) is 10.6 Å². The SMILES string of the molecule is CC.CCS(=O)(=O)c1ccc(Oc2cc(F)ccc2O)c(C)c1. The Kier molecular flexibility index (Phi) is 6.57. The molecule has 0 fully saturated rings. The van der Waals surface area contributed by atoms with Crippen molar-refractivity contribution in [3.05, 3.63) is 47.8 Å². The Balaban J connectivity index is 0.00000127. The lowest BCUT2D eigenvalue weighted by Gasteiger charge is -2.11. The summed E-state index contributed by atoms with van der Waals surface area (Å²) in [4.78, 5) is 0.207. The monoisotopic (exact) mass is 340 g/mol. The summed E-state index contributed by atoms with van der Waals surface area (Å²) in [5, 5.41) is 9.62. The number of benzene rings is 2. The van der Waals surface area contributed by atoms with Crippen LogP contribution in [-0.2, 0) is 9.84 Å². The average Bonchev–Trinajstić information content (AvgIpc) is 2.54. The molecule has 2 rings (SSSR count). The molecule has 2 aromatic rings. The first kappa shape index (κ1) is 19.0. The van der Waals surface area contributed by atoms with Crippen LogP contribution in [0.25, 0.3) is 0 Å². The molecule has 126 valence electrons. The van der Waals surface area contributed by atoms with E-state index in [2.05, 4.69) is 0 Å². The standard InChI is InChI=1S/C15H15FO4S.C2H6/c1-3-21(18,19)12-5-7-14(10(2)8-12)20-15-9-11(16)4-6-13(15)17;1-2/h4-9,17H,3H2,1-2H3;1-2H3. The fourth-order valence-electron chi connectivity index (χ4n) is 1.78. The molecule has 0 aliphatic rings. The minimum Gasteiger partial charge on any atom is -0.504 e. The molecule has 0 aromatic heterocycles. The van der Waals surface area contributed by atoms with Gasteiger partial charge in [0, 0.05) is 6.07 Å². The van der Waals surface area contributed by atoms with Crippen LogP contribution >= 0.6 is 0 Å². The Hall–Kier alpha value is -2.08. The molecule has 0 spiro atoms. The summed E-state index contributed by atoms with van der Waals surface area (Å²) >= 11 is 0. The van der Waals surface area contributed by atoms with Gasteiger partial charge < -0.3 is 9.84 Å². The Bertz CT molecular complexity index is 770. The second-order valence-electron chi connectivity index (χ2n) is 4.54. The van der Waals surface area contributed by atoms with Gasteiger partial charge in [-0.2, -0.15) is 0 Å². The molecule has 0 unspecified atom stereocenters. The summed E-state index contributed by atoms with van der Waals surface area (Å²) in [6, 6.07) is 7.78. The van der Waals surface area contributed by atoms with E-state index >= 15 is 0 Å². The molecular formula is C17H21FO4S. The number of ether oxygens (including phenoxy) is 1. The molecule has 2 aromatic carbocycles. The highest BCUT2D eigenvalue weighted by Gasteiger charge is 2.14. The molecule has 0 aliphatic heterocycles. The zero-order chi connectivity index (χ0) is 17.6. The van der Waals surface area contributed by atoms with Crippen LogP contribution in [0.3, 0.4) is 0 Å². The fraction of sp³-hybridized carbons (Fsp3) is 0.294. The number of aryl methyl sites for hydroxylation is 1. The van der Waals surface area contributed by atoms with Gasteiger partial charge in [0.25, 0.3) is 0 Å². The van der Waals surface area contributed by atoms with E-state index in [9.17, 15) is 17.9 Å². The first-order valence-electron chi connectivity index (χ1n) is 7.33. The molecular weight excluding hydrogens is 319 g/mol. The maximum absolute atomic E-state index is 13.1. The number of aromatic hydroxyl groups is 1. The molecule has 0 saturated carbocycles. The van der Waals surface area contributed by atoms with Crippen molar-refractivity contribution in [1.29, 1.82) is 0 Å². The predicted octanol–water partition coefficient (Wildman–Crippen LogP) is 4.45. The van der Waals surface area contributed by atoms with E-state index in [0.29, 0.717) is 11.3 Å². The molecule has 0 heterocycles. The van der Waals surface area contributed by atoms with Crippen molar-refractivity contribution in [2.75, 3.05) is 5.75 Å². The van der Waals surface area contributed by atoms with Crippen molar-refractivity contribution in [3.8, 4) is 17.2 Å². The van der Waals surface area contributed by atoms with Crippen molar-refractivity contribution in [1.82, 2.24) is 0 Å². The topological polar surface area (TPSA) is 63.6 Å². The largest absolute Gasteiger partial charge is 0.504 e. The fourth-order valence-corrected chi connectivity index (χ4v) is 2.75. The minimum absolute atomic E-state index is 0.0112. The van der Waals surface area contributed by atoms with Gasteiger partial charge >= 0.3 is 0 Å². The molecule has 0 atom stereocenters. The molecule has 0 bridgehead atoms. The molecule has 0 saturated heterocycles. The van der Waals surface area contributed by atoms with Crippen LogP contribution in [0.1, 0.15) is 26.3 Å². The normalized spacial score (nSPS) is 10.7. The second kappa shape index (κ2) is 7.97. The molecule has 1 N–H and O–H groups in total. The van der Waals surface area contributed by atoms with Gasteiger partial charge in [-0.1, -0.05) is 20.8 Å². The number of halogens is 1. The van der Waals surface area contributed by atoms with E-state index in [1.165, 1.54) is 24.3 Å². The summed E-state index contributed by atoms with van der Waals surface area (Å²) in [6.45, 7) is 7.25. The van der Waals surface area contributed by atoms with Crippen molar-refractivity contribution >= 4 is 9.84 Å². The molecule has 0 radical (unpaired) electrons. The van der Waals surface area contributed by atoms with Crippen molar-refractivity contribution < 1.29 is 22.7 Å². The third-order valence-corrected chi connectivity index (χ3v) is 4.76. The van der Waals surface area contributed by atoms with Gasteiger partial charge in [0.2, 0.25) is 0 Å². The third-order valence-electron chi connectivity index (χ3n) is 3.03. The maximum Gasteiger partial charge on any atom is 0.178 e. The summed E-state index contributed by atoms with van der Waals surface area (Å²) in [7, 11) is -3.29. The Morgan fingerprint density at radius 3 is 2.30 bits per heavy atom. The lowest BCUT2D eigenvalue weighted by atomic mass is 10.2. The van der Waals surface area contributed by atoms with Crippen LogP contribution in [-0.4, -0.2) is 19.3 Å². The van der Waals surface area contributed by atoms with E-state index < -0.39 is 15.7 Å². The van der Waals surface area contributed by atoms with Crippen molar-refractivity contribution in [2.45, 2.75) is 32.6 Å². The summed E-state index contributed by atoms with van der Waals surface area (Å²) < 4.78 is 42.2. The summed E-state index contributed by atoms with van der Waals surface area (Å²) in [5.74, 6) is -0.390. The highest BCUT2D eigenvalue weighted by Crippen LogP contribution is 2.33. The Morgan fingerprint density at radius 2 is 1.74 bits per heavy atom. The number of phenolic OH excluding ortho intramolecular Hbond substituents is 1. The van der Waals surface area contributed by atoms with Crippen LogP contribution in [0.2, 0.25) is 0 Å². The van der Waals surface area contributed by atoms with Crippen molar-refractivity contribution in [3.63, 3.8) is 0 Å².